The molecule has 0 aliphatic rings. The predicted octanol–water partition coefficient (Wildman–Crippen LogP) is 4.24. The van der Waals surface area contributed by atoms with Crippen LogP contribution < -0.4 is 26.6 Å². The van der Waals surface area contributed by atoms with Crippen LogP contribution in [0.2, 0.25) is 0 Å². The molecule has 67 heavy (non-hydrogen) atoms. The number of ether oxygens (including phenoxy) is 2. The molecule has 5 aromatic rings. The minimum absolute atomic E-state index is 0.0393. The molecule has 5 aromatic carbocycles. The summed E-state index contributed by atoms with van der Waals surface area (Å²) in [5.74, 6) is -7.96. The third-order valence-electron chi connectivity index (χ3n) is 10.4. The molecular weight excluding hydrogens is 859 g/mol. The van der Waals surface area contributed by atoms with Crippen LogP contribution in [-0.2, 0) is 67.1 Å². The molecule has 1 unspecified atom stereocenters. The third-order valence-corrected chi connectivity index (χ3v) is 10.4. The number of carbonyl (C=O) groups excluding carboxylic acids is 7. The van der Waals surface area contributed by atoms with E-state index in [9.17, 15) is 43.5 Å². The molecule has 0 aliphatic carbocycles. The van der Waals surface area contributed by atoms with Crippen molar-refractivity contribution in [2.75, 3.05) is 5.32 Å². The average Bonchev–Trinajstić information content (AvgIpc) is 3.31. The maximum absolute atomic E-state index is 14.6. The number of rotatable bonds is 21. The lowest BCUT2D eigenvalue weighted by Gasteiger charge is -2.28. The SMILES string of the molecule is CC(=O)OC(C(=O)N[C@H](Cc1ccccc1)C(=O)N[C@@H](Cc1ccc(-c2ccccc2)cc1)C(=O)N[C@H](Cc1ccccc1)C(=O)N[C@H](C)C(=O)O)[C@@H](OC(C)=O)C(=O)Nc1ccc(C)cc1. The Morgan fingerprint density at radius 2 is 0.836 bits per heavy atom. The van der Waals surface area contributed by atoms with Gasteiger partial charge in [-0.15, -0.1) is 0 Å². The summed E-state index contributed by atoms with van der Waals surface area (Å²) in [6.45, 7) is 5.10. The van der Waals surface area contributed by atoms with Gasteiger partial charge in [0, 0.05) is 38.8 Å². The zero-order valence-electron chi connectivity index (χ0n) is 37.4. The molecule has 0 heterocycles. The Labute approximate surface area is 387 Å². The summed E-state index contributed by atoms with van der Waals surface area (Å²) in [6, 6.07) is 35.1. The molecule has 5 amide bonds. The van der Waals surface area contributed by atoms with Crippen LogP contribution in [0.3, 0.4) is 0 Å². The van der Waals surface area contributed by atoms with Crippen molar-refractivity contribution in [1.82, 2.24) is 21.3 Å². The Kier molecular flexibility index (Phi) is 18.0. The second-order valence-electron chi connectivity index (χ2n) is 15.8. The van der Waals surface area contributed by atoms with E-state index in [1.54, 1.807) is 97.1 Å². The highest BCUT2D eigenvalue weighted by atomic mass is 16.6. The van der Waals surface area contributed by atoms with E-state index in [1.807, 2.05) is 49.4 Å². The smallest absolute Gasteiger partial charge is 0.325 e. The number of aryl methyl sites for hydroxylation is 1. The second-order valence-corrected chi connectivity index (χ2v) is 15.8. The summed E-state index contributed by atoms with van der Waals surface area (Å²) in [5.41, 5.74) is 4.81. The van der Waals surface area contributed by atoms with E-state index in [2.05, 4.69) is 26.6 Å². The summed E-state index contributed by atoms with van der Waals surface area (Å²) < 4.78 is 10.6. The predicted molar refractivity (Wildman–Crippen MR) is 248 cm³/mol. The molecule has 0 bridgehead atoms. The van der Waals surface area contributed by atoms with Gasteiger partial charge in [0.15, 0.2) is 0 Å². The summed E-state index contributed by atoms with van der Waals surface area (Å²) >= 11 is 0. The zero-order valence-corrected chi connectivity index (χ0v) is 37.4. The van der Waals surface area contributed by atoms with Crippen LogP contribution in [0.25, 0.3) is 11.1 Å². The normalized spacial score (nSPS) is 13.4. The Morgan fingerprint density at radius 3 is 1.27 bits per heavy atom. The average molecular weight is 912 g/mol. The monoisotopic (exact) mass is 911 g/mol. The first-order valence-electron chi connectivity index (χ1n) is 21.4. The molecule has 348 valence electrons. The number of carbonyl (C=O) groups is 8. The molecule has 0 aliphatic heterocycles. The number of nitrogens with one attached hydrogen (secondary N) is 5. The van der Waals surface area contributed by atoms with Gasteiger partial charge in [-0.05, 0) is 53.8 Å². The van der Waals surface area contributed by atoms with Gasteiger partial charge in [0.2, 0.25) is 29.9 Å². The molecule has 0 spiro atoms. The number of aliphatic carboxylic acids is 1. The molecule has 16 nitrogen and oxygen atoms in total. The fourth-order valence-electron chi connectivity index (χ4n) is 6.91. The maximum Gasteiger partial charge on any atom is 0.325 e. The molecular formula is C51H53N5O11. The third kappa shape index (κ3) is 15.5. The Bertz CT molecular complexity index is 2500. The molecule has 6 N–H and O–H groups in total. The van der Waals surface area contributed by atoms with E-state index < -0.39 is 83.8 Å². The van der Waals surface area contributed by atoms with E-state index in [1.165, 1.54) is 6.92 Å². The van der Waals surface area contributed by atoms with Crippen LogP contribution in [0, 0.1) is 6.92 Å². The second kappa shape index (κ2) is 24.2. The van der Waals surface area contributed by atoms with Gasteiger partial charge in [-0.1, -0.05) is 133 Å². The quantitative estimate of drug-likeness (QED) is 0.0570. The van der Waals surface area contributed by atoms with Gasteiger partial charge < -0.3 is 41.2 Å². The molecule has 16 heteroatoms. The van der Waals surface area contributed by atoms with Crippen molar-refractivity contribution in [2.45, 2.75) is 83.3 Å². The highest BCUT2D eigenvalue weighted by molar-refractivity contribution is 6.01. The first-order valence-corrected chi connectivity index (χ1v) is 21.4. The number of carboxylic acid groups (broad SMARTS) is 1. The lowest BCUT2D eigenvalue weighted by molar-refractivity contribution is -0.173. The van der Waals surface area contributed by atoms with Gasteiger partial charge in [-0.2, -0.15) is 0 Å². The van der Waals surface area contributed by atoms with Crippen LogP contribution in [0.4, 0.5) is 5.69 Å². The zero-order chi connectivity index (χ0) is 48.5. The van der Waals surface area contributed by atoms with Crippen LogP contribution in [0.15, 0.2) is 140 Å². The van der Waals surface area contributed by atoms with E-state index in [4.69, 9.17) is 9.47 Å². The molecule has 0 saturated heterocycles. The first-order chi connectivity index (χ1) is 32.1. The highest BCUT2D eigenvalue weighted by Gasteiger charge is 2.41. The number of hydrogen-bond acceptors (Lipinski definition) is 10. The van der Waals surface area contributed by atoms with Crippen LogP contribution in [0.1, 0.15) is 43.0 Å². The van der Waals surface area contributed by atoms with Crippen molar-refractivity contribution >= 4 is 53.1 Å². The van der Waals surface area contributed by atoms with Gasteiger partial charge in [-0.25, -0.2) is 0 Å². The molecule has 0 fully saturated rings. The van der Waals surface area contributed by atoms with E-state index in [-0.39, 0.29) is 24.9 Å². The van der Waals surface area contributed by atoms with Crippen LogP contribution >= 0.6 is 0 Å². The van der Waals surface area contributed by atoms with Gasteiger partial charge in [-0.3, -0.25) is 38.4 Å². The minimum atomic E-state index is -2.09. The Hall–Kier alpha value is -8.14. The maximum atomic E-state index is 14.6. The van der Waals surface area contributed by atoms with Gasteiger partial charge >= 0.3 is 17.9 Å². The molecule has 0 saturated carbocycles. The van der Waals surface area contributed by atoms with Gasteiger partial charge in [0.05, 0.1) is 0 Å². The number of carboxylic acids is 1. The van der Waals surface area contributed by atoms with Gasteiger partial charge in [0.1, 0.15) is 24.2 Å². The molecule has 5 rings (SSSR count). The van der Waals surface area contributed by atoms with E-state index in [0.29, 0.717) is 16.7 Å². The van der Waals surface area contributed by atoms with Crippen molar-refractivity contribution in [3.8, 4) is 11.1 Å². The fraction of sp³-hybridized carbons (Fsp3) is 0.255. The van der Waals surface area contributed by atoms with Crippen molar-refractivity contribution < 1.29 is 52.9 Å². The standard InChI is InChI=1S/C51H53N5O11/c1-31-20-26-40(27-21-31)53-49(62)44(66-33(3)57)45(67-34(4)58)50(63)56-43(29-36-16-10-6-11-17-36)48(61)55-42(30-37-22-24-39(25-23-37)38-18-12-7-13-19-38)47(60)54-41(28-35-14-8-5-9-15-35)46(59)52-32(2)51(64)65/h5-27,32,41-45H,28-30H2,1-4H3,(H,52,59)(H,53,62)(H,54,60)(H,55,61)(H,56,63)(H,64,65)/t32-,41-,42+,43-,44-,45?/m1/s1. The summed E-state index contributed by atoms with van der Waals surface area (Å²) in [5, 5.41) is 22.5. The number of hydrogen-bond donors (Lipinski definition) is 6. The van der Waals surface area contributed by atoms with E-state index >= 15 is 0 Å². The molecule has 0 radical (unpaired) electrons. The van der Waals surface area contributed by atoms with Crippen molar-refractivity contribution in [3.63, 3.8) is 0 Å². The van der Waals surface area contributed by atoms with Crippen molar-refractivity contribution in [3.05, 3.63) is 162 Å². The molecule has 0 aromatic heterocycles. The number of benzene rings is 5. The van der Waals surface area contributed by atoms with Gasteiger partial charge in [0.25, 0.3) is 11.8 Å². The van der Waals surface area contributed by atoms with Crippen LogP contribution in [0.5, 0.6) is 0 Å². The molecule has 6 atom stereocenters. The minimum Gasteiger partial charge on any atom is -0.480 e. The largest absolute Gasteiger partial charge is 0.480 e. The Morgan fingerprint density at radius 1 is 0.463 bits per heavy atom. The lowest BCUT2D eigenvalue weighted by atomic mass is 9.98. The van der Waals surface area contributed by atoms with E-state index in [0.717, 1.165) is 30.5 Å². The lowest BCUT2D eigenvalue weighted by Crippen LogP contribution is -2.60. The summed E-state index contributed by atoms with van der Waals surface area (Å²) in [6.07, 6.45) is -4.44. The van der Waals surface area contributed by atoms with Crippen molar-refractivity contribution in [2.24, 2.45) is 0 Å². The Balaban J connectivity index is 1.49. The number of amides is 5. The summed E-state index contributed by atoms with van der Waals surface area (Å²) in [7, 11) is 0. The summed E-state index contributed by atoms with van der Waals surface area (Å²) in [4.78, 5) is 107. The van der Waals surface area contributed by atoms with Crippen molar-refractivity contribution in [1.29, 1.82) is 0 Å². The number of anilines is 1. The number of esters is 2. The highest BCUT2D eigenvalue weighted by Crippen LogP contribution is 2.21. The first kappa shape index (κ1) is 49.9. The topological polar surface area (TPSA) is 235 Å². The fourth-order valence-corrected chi connectivity index (χ4v) is 6.91. The van der Waals surface area contributed by atoms with Crippen LogP contribution in [-0.4, -0.2) is 88.9 Å².